The topological polar surface area (TPSA) is 66.4 Å². The van der Waals surface area contributed by atoms with Gasteiger partial charge in [0, 0.05) is 6.04 Å². The maximum atomic E-state index is 12.4. The van der Waals surface area contributed by atoms with E-state index in [-0.39, 0.29) is 17.9 Å². The number of rotatable bonds is 7. The number of carbonyl (C=O) groups is 2. The van der Waals surface area contributed by atoms with Crippen molar-refractivity contribution in [2.45, 2.75) is 65.8 Å². The van der Waals surface area contributed by atoms with Crippen LogP contribution < -0.4 is 5.32 Å². The zero-order chi connectivity index (χ0) is 15.3. The van der Waals surface area contributed by atoms with Gasteiger partial charge in [-0.3, -0.25) is 9.59 Å². The first-order valence-corrected chi connectivity index (χ1v) is 7.97. The summed E-state index contributed by atoms with van der Waals surface area (Å²) >= 11 is 0. The van der Waals surface area contributed by atoms with E-state index in [0.29, 0.717) is 18.3 Å². The summed E-state index contributed by atoms with van der Waals surface area (Å²) in [6.07, 6.45) is 4.37. The van der Waals surface area contributed by atoms with E-state index in [0.717, 1.165) is 25.7 Å². The molecule has 0 spiro atoms. The van der Waals surface area contributed by atoms with E-state index in [1.54, 1.807) is 0 Å². The van der Waals surface area contributed by atoms with Crippen molar-refractivity contribution in [1.29, 1.82) is 0 Å². The van der Waals surface area contributed by atoms with Crippen molar-refractivity contribution >= 4 is 11.9 Å². The van der Waals surface area contributed by atoms with E-state index in [1.165, 1.54) is 0 Å². The van der Waals surface area contributed by atoms with Gasteiger partial charge in [0.05, 0.1) is 11.8 Å². The second kappa shape index (κ2) is 7.65. The summed E-state index contributed by atoms with van der Waals surface area (Å²) in [7, 11) is 0. The Morgan fingerprint density at radius 2 is 1.70 bits per heavy atom. The third kappa shape index (κ3) is 3.97. The first-order chi connectivity index (χ1) is 9.44. The van der Waals surface area contributed by atoms with Gasteiger partial charge in [-0.1, -0.05) is 40.0 Å². The number of carboxylic acid groups (broad SMARTS) is 1. The number of hydrogen-bond donors (Lipinski definition) is 2. The monoisotopic (exact) mass is 283 g/mol. The molecule has 4 nitrogen and oxygen atoms in total. The van der Waals surface area contributed by atoms with Gasteiger partial charge >= 0.3 is 5.97 Å². The maximum absolute atomic E-state index is 12.4. The van der Waals surface area contributed by atoms with E-state index < -0.39 is 11.9 Å². The average molecular weight is 283 g/mol. The zero-order valence-corrected chi connectivity index (χ0v) is 13.2. The SMILES string of the molecule is CCC1CC(C(=O)O)C(C(=O)NC(C)C(CC)CC)C1. The molecule has 0 bridgehead atoms. The lowest BCUT2D eigenvalue weighted by molar-refractivity contribution is -0.146. The fourth-order valence-electron chi connectivity index (χ4n) is 3.48. The van der Waals surface area contributed by atoms with Gasteiger partial charge in [0.25, 0.3) is 0 Å². The molecule has 0 aromatic rings. The Labute approximate surface area is 122 Å². The molecule has 0 aromatic heterocycles. The van der Waals surface area contributed by atoms with Crippen molar-refractivity contribution < 1.29 is 14.7 Å². The number of aliphatic carboxylic acids is 1. The third-order valence-electron chi connectivity index (χ3n) is 5.02. The summed E-state index contributed by atoms with van der Waals surface area (Å²) in [6.45, 7) is 8.34. The molecule has 1 saturated carbocycles. The minimum atomic E-state index is -0.823. The van der Waals surface area contributed by atoms with Gasteiger partial charge in [-0.2, -0.15) is 0 Å². The first kappa shape index (κ1) is 17.0. The van der Waals surface area contributed by atoms with Crippen molar-refractivity contribution in [2.75, 3.05) is 0 Å². The van der Waals surface area contributed by atoms with Crippen LogP contribution >= 0.6 is 0 Å². The molecule has 0 radical (unpaired) electrons. The van der Waals surface area contributed by atoms with E-state index in [9.17, 15) is 14.7 Å². The third-order valence-corrected chi connectivity index (χ3v) is 5.02. The smallest absolute Gasteiger partial charge is 0.307 e. The van der Waals surface area contributed by atoms with Gasteiger partial charge in [0.2, 0.25) is 5.91 Å². The molecule has 0 heterocycles. The lowest BCUT2D eigenvalue weighted by Gasteiger charge is -2.25. The average Bonchev–Trinajstić information content (AvgIpc) is 2.84. The van der Waals surface area contributed by atoms with Gasteiger partial charge < -0.3 is 10.4 Å². The van der Waals surface area contributed by atoms with Crippen LogP contribution in [-0.2, 0) is 9.59 Å². The highest BCUT2D eigenvalue weighted by molar-refractivity contribution is 5.85. The number of nitrogens with one attached hydrogen (secondary N) is 1. The van der Waals surface area contributed by atoms with Gasteiger partial charge in [0.1, 0.15) is 0 Å². The lowest BCUT2D eigenvalue weighted by atomic mass is 9.92. The van der Waals surface area contributed by atoms with E-state index in [2.05, 4.69) is 26.1 Å². The van der Waals surface area contributed by atoms with Gasteiger partial charge in [-0.25, -0.2) is 0 Å². The molecule has 1 aliphatic rings. The fourth-order valence-corrected chi connectivity index (χ4v) is 3.48. The first-order valence-electron chi connectivity index (χ1n) is 7.97. The number of hydrogen-bond acceptors (Lipinski definition) is 2. The van der Waals surface area contributed by atoms with Gasteiger partial charge in [-0.05, 0) is 31.6 Å². The summed E-state index contributed by atoms with van der Waals surface area (Å²) in [5.74, 6) is -0.909. The molecule has 116 valence electrons. The van der Waals surface area contributed by atoms with Crippen LogP contribution in [0.5, 0.6) is 0 Å². The number of carboxylic acids is 1. The van der Waals surface area contributed by atoms with Gasteiger partial charge in [-0.15, -0.1) is 0 Å². The van der Waals surface area contributed by atoms with E-state index in [1.807, 2.05) is 6.92 Å². The molecular formula is C16H29NO3. The van der Waals surface area contributed by atoms with Crippen molar-refractivity contribution in [3.63, 3.8) is 0 Å². The molecule has 2 N–H and O–H groups in total. The Balaban J connectivity index is 2.67. The molecule has 1 amide bonds. The highest BCUT2D eigenvalue weighted by Gasteiger charge is 2.42. The highest BCUT2D eigenvalue weighted by Crippen LogP contribution is 2.38. The van der Waals surface area contributed by atoms with Crippen molar-refractivity contribution in [1.82, 2.24) is 5.32 Å². The Kier molecular flexibility index (Phi) is 6.50. The van der Waals surface area contributed by atoms with Crippen LogP contribution in [0.1, 0.15) is 59.8 Å². The molecule has 20 heavy (non-hydrogen) atoms. The molecular weight excluding hydrogens is 254 g/mol. The maximum Gasteiger partial charge on any atom is 0.307 e. The predicted molar refractivity (Wildman–Crippen MR) is 79.3 cm³/mol. The molecule has 0 aromatic carbocycles. The van der Waals surface area contributed by atoms with Crippen molar-refractivity contribution in [3.05, 3.63) is 0 Å². The number of amides is 1. The molecule has 1 rings (SSSR count). The molecule has 4 heteroatoms. The Bertz CT molecular complexity index is 339. The van der Waals surface area contributed by atoms with Crippen LogP contribution in [0.15, 0.2) is 0 Å². The zero-order valence-electron chi connectivity index (χ0n) is 13.2. The Morgan fingerprint density at radius 1 is 1.15 bits per heavy atom. The minimum absolute atomic E-state index is 0.0623. The molecule has 1 aliphatic carbocycles. The van der Waals surface area contributed by atoms with E-state index in [4.69, 9.17) is 0 Å². The lowest BCUT2D eigenvalue weighted by Crippen LogP contribution is -2.43. The van der Waals surface area contributed by atoms with Crippen molar-refractivity contribution in [2.24, 2.45) is 23.7 Å². The van der Waals surface area contributed by atoms with Crippen LogP contribution in [0.2, 0.25) is 0 Å². The largest absolute Gasteiger partial charge is 0.481 e. The highest BCUT2D eigenvalue weighted by atomic mass is 16.4. The van der Waals surface area contributed by atoms with Crippen LogP contribution in [0.4, 0.5) is 0 Å². The Morgan fingerprint density at radius 3 is 2.15 bits per heavy atom. The fraction of sp³-hybridized carbons (Fsp3) is 0.875. The minimum Gasteiger partial charge on any atom is -0.481 e. The molecule has 4 atom stereocenters. The molecule has 4 unspecified atom stereocenters. The van der Waals surface area contributed by atoms with Crippen LogP contribution in [0.25, 0.3) is 0 Å². The van der Waals surface area contributed by atoms with Crippen molar-refractivity contribution in [3.8, 4) is 0 Å². The normalized spacial score (nSPS) is 27.6. The summed E-state index contributed by atoms with van der Waals surface area (Å²) < 4.78 is 0. The molecule has 0 aliphatic heterocycles. The predicted octanol–water partition coefficient (Wildman–Crippen LogP) is 3.06. The summed E-state index contributed by atoms with van der Waals surface area (Å²) in [6, 6.07) is 0.118. The summed E-state index contributed by atoms with van der Waals surface area (Å²) in [5, 5.41) is 12.4. The quantitative estimate of drug-likeness (QED) is 0.754. The van der Waals surface area contributed by atoms with Gasteiger partial charge in [0.15, 0.2) is 0 Å². The standard InChI is InChI=1S/C16H29NO3/c1-5-11-8-13(14(9-11)16(19)20)15(18)17-10(4)12(6-2)7-3/h10-14H,5-9H2,1-4H3,(H,17,18)(H,19,20). The Hall–Kier alpha value is -1.06. The summed E-state index contributed by atoms with van der Waals surface area (Å²) in [4.78, 5) is 23.7. The van der Waals surface area contributed by atoms with Crippen LogP contribution in [0.3, 0.4) is 0 Å². The van der Waals surface area contributed by atoms with Crippen LogP contribution in [-0.4, -0.2) is 23.0 Å². The van der Waals surface area contributed by atoms with Crippen LogP contribution in [0, 0.1) is 23.7 Å². The van der Waals surface area contributed by atoms with E-state index >= 15 is 0 Å². The second-order valence-electron chi connectivity index (χ2n) is 6.17. The summed E-state index contributed by atoms with van der Waals surface area (Å²) in [5.41, 5.74) is 0. The molecule has 0 saturated heterocycles. The second-order valence-corrected chi connectivity index (χ2v) is 6.17. The molecule has 1 fully saturated rings. The number of carbonyl (C=O) groups excluding carboxylic acids is 1.